The predicted molar refractivity (Wildman–Crippen MR) is 64.9 cm³/mol. The van der Waals surface area contributed by atoms with Gasteiger partial charge in [-0.3, -0.25) is 4.28 Å². The molecule has 0 atom stereocenters. The Bertz CT molecular complexity index is 722. The van der Waals surface area contributed by atoms with E-state index in [1.165, 1.54) is 18.5 Å². The van der Waals surface area contributed by atoms with Crippen molar-refractivity contribution in [2.24, 2.45) is 0 Å². The molecule has 9 heteroatoms. The van der Waals surface area contributed by atoms with E-state index in [4.69, 9.17) is 4.74 Å². The van der Waals surface area contributed by atoms with Crippen LogP contribution in [-0.2, 0) is 14.9 Å². The highest BCUT2D eigenvalue weighted by Gasteiger charge is 2.13. The van der Waals surface area contributed by atoms with Crippen LogP contribution in [0.1, 0.15) is 17.3 Å². The first-order valence-electron chi connectivity index (χ1n) is 5.31. The largest absolute Gasteiger partial charge is 0.462 e. The summed E-state index contributed by atoms with van der Waals surface area (Å²) >= 11 is 0. The van der Waals surface area contributed by atoms with Crippen LogP contribution in [-0.4, -0.2) is 42.2 Å². The highest BCUT2D eigenvalue weighted by Crippen LogP contribution is 2.13. The van der Waals surface area contributed by atoms with E-state index in [0.29, 0.717) is 5.39 Å². The zero-order valence-corrected chi connectivity index (χ0v) is 11.0. The van der Waals surface area contributed by atoms with Crippen LogP contribution >= 0.6 is 0 Å². The van der Waals surface area contributed by atoms with Gasteiger partial charge in [0.15, 0.2) is 0 Å². The summed E-state index contributed by atoms with van der Waals surface area (Å²) in [7, 11) is -3.70. The van der Waals surface area contributed by atoms with E-state index in [9.17, 15) is 13.2 Å². The van der Waals surface area contributed by atoms with E-state index in [1.54, 1.807) is 6.92 Å². The quantitative estimate of drug-likeness (QED) is 0.728. The SMILES string of the molecule is CCOC(=O)c1cnc2c(cnn2OS(C)(=O)=O)c1. The van der Waals surface area contributed by atoms with Gasteiger partial charge in [0.25, 0.3) is 0 Å². The molecule has 2 heterocycles. The topological polar surface area (TPSA) is 100 Å². The van der Waals surface area contributed by atoms with Crippen LogP contribution in [0, 0.1) is 0 Å². The van der Waals surface area contributed by atoms with Crippen molar-refractivity contribution in [3.8, 4) is 0 Å². The van der Waals surface area contributed by atoms with Crippen molar-refractivity contribution in [3.63, 3.8) is 0 Å². The number of aromatic nitrogens is 3. The molecule has 8 nitrogen and oxygen atoms in total. The number of carbonyl (C=O) groups excluding carboxylic acids is 1. The van der Waals surface area contributed by atoms with Gasteiger partial charge in [0.1, 0.15) is 0 Å². The summed E-state index contributed by atoms with van der Waals surface area (Å²) in [6.07, 6.45) is 3.51. The summed E-state index contributed by atoms with van der Waals surface area (Å²) < 4.78 is 31.5. The van der Waals surface area contributed by atoms with Gasteiger partial charge in [0.05, 0.1) is 24.6 Å². The molecule has 0 bridgehead atoms. The third kappa shape index (κ3) is 2.99. The van der Waals surface area contributed by atoms with Crippen LogP contribution in [0.5, 0.6) is 0 Å². The number of nitrogens with zero attached hydrogens (tertiary/aromatic N) is 3. The minimum absolute atomic E-state index is 0.193. The maximum atomic E-state index is 11.5. The molecule has 2 rings (SSSR count). The minimum Gasteiger partial charge on any atom is -0.462 e. The lowest BCUT2D eigenvalue weighted by molar-refractivity contribution is 0.0526. The Kier molecular flexibility index (Phi) is 3.38. The Hall–Kier alpha value is -2.16. The predicted octanol–water partition coefficient (Wildman–Crippen LogP) is -0.00380. The second-order valence-corrected chi connectivity index (χ2v) is 5.21. The highest BCUT2D eigenvalue weighted by atomic mass is 32.2. The van der Waals surface area contributed by atoms with Gasteiger partial charge >= 0.3 is 16.1 Å². The van der Waals surface area contributed by atoms with E-state index in [2.05, 4.69) is 14.4 Å². The van der Waals surface area contributed by atoms with Crippen molar-refractivity contribution in [1.29, 1.82) is 0 Å². The Balaban J connectivity index is 2.39. The molecule has 0 unspecified atom stereocenters. The third-order valence-corrected chi connectivity index (χ3v) is 2.51. The number of pyridine rings is 1. The molecule has 0 saturated heterocycles. The Morgan fingerprint density at radius 3 is 2.79 bits per heavy atom. The molecule has 0 aliphatic carbocycles. The Morgan fingerprint density at radius 1 is 1.42 bits per heavy atom. The van der Waals surface area contributed by atoms with E-state index in [-0.39, 0.29) is 17.8 Å². The van der Waals surface area contributed by atoms with Gasteiger partial charge in [-0.05, 0) is 13.0 Å². The molecule has 0 fully saturated rings. The number of hydrogen-bond acceptors (Lipinski definition) is 7. The number of fused-ring (bicyclic) bond motifs is 1. The fourth-order valence-electron chi connectivity index (χ4n) is 1.41. The van der Waals surface area contributed by atoms with E-state index < -0.39 is 16.1 Å². The zero-order valence-electron chi connectivity index (χ0n) is 10.2. The summed E-state index contributed by atoms with van der Waals surface area (Å²) in [4.78, 5) is 16.2. The number of carbonyl (C=O) groups is 1. The fourth-order valence-corrected chi connectivity index (χ4v) is 1.77. The van der Waals surface area contributed by atoms with Crippen LogP contribution in [0.25, 0.3) is 11.0 Å². The number of hydrogen-bond donors (Lipinski definition) is 0. The first kappa shape index (κ1) is 13.3. The molecule has 0 aliphatic rings. The molecule has 0 radical (unpaired) electrons. The lowest BCUT2D eigenvalue weighted by atomic mass is 10.2. The molecule has 19 heavy (non-hydrogen) atoms. The molecule has 0 aliphatic heterocycles. The molecule has 2 aromatic heterocycles. The van der Waals surface area contributed by atoms with Crippen LogP contribution < -0.4 is 4.28 Å². The van der Waals surface area contributed by atoms with Gasteiger partial charge in [-0.15, -0.1) is 5.10 Å². The maximum Gasteiger partial charge on any atom is 0.339 e. The van der Waals surface area contributed by atoms with Crippen molar-refractivity contribution in [2.45, 2.75) is 6.92 Å². The lowest BCUT2D eigenvalue weighted by Gasteiger charge is -2.03. The first-order valence-corrected chi connectivity index (χ1v) is 7.13. The number of esters is 1. The van der Waals surface area contributed by atoms with Crippen molar-refractivity contribution in [2.75, 3.05) is 12.9 Å². The fraction of sp³-hybridized carbons (Fsp3) is 0.300. The van der Waals surface area contributed by atoms with Crippen molar-refractivity contribution in [3.05, 3.63) is 24.0 Å². The van der Waals surface area contributed by atoms with E-state index >= 15 is 0 Å². The Morgan fingerprint density at radius 2 is 2.16 bits per heavy atom. The monoisotopic (exact) mass is 285 g/mol. The van der Waals surface area contributed by atoms with Gasteiger partial charge in [0.2, 0.25) is 5.65 Å². The minimum atomic E-state index is -3.70. The zero-order chi connectivity index (χ0) is 14.0. The van der Waals surface area contributed by atoms with Gasteiger partial charge in [-0.25, -0.2) is 9.78 Å². The number of ether oxygens (including phenoxy) is 1. The summed E-state index contributed by atoms with van der Waals surface area (Å²) in [5, 5.41) is 4.19. The van der Waals surface area contributed by atoms with E-state index in [1.807, 2.05) is 0 Å². The van der Waals surface area contributed by atoms with Crippen LogP contribution in [0.15, 0.2) is 18.5 Å². The smallest absolute Gasteiger partial charge is 0.339 e. The average Bonchev–Trinajstić information content (AvgIpc) is 2.70. The molecule has 102 valence electrons. The Labute approximate surface area is 109 Å². The van der Waals surface area contributed by atoms with Crippen LogP contribution in [0.4, 0.5) is 0 Å². The summed E-state index contributed by atoms with van der Waals surface area (Å²) in [6, 6.07) is 1.50. The number of rotatable bonds is 4. The second-order valence-electron chi connectivity index (χ2n) is 3.65. The molecular formula is C10H11N3O5S. The van der Waals surface area contributed by atoms with E-state index in [0.717, 1.165) is 11.1 Å². The van der Waals surface area contributed by atoms with Gasteiger partial charge in [-0.1, -0.05) is 4.85 Å². The second kappa shape index (κ2) is 4.84. The van der Waals surface area contributed by atoms with Crippen molar-refractivity contribution >= 4 is 27.1 Å². The summed E-state index contributed by atoms with van der Waals surface area (Å²) in [6.45, 7) is 1.95. The molecular weight excluding hydrogens is 274 g/mol. The molecule has 0 saturated carbocycles. The van der Waals surface area contributed by atoms with Gasteiger partial charge < -0.3 is 4.74 Å². The molecule has 0 amide bonds. The van der Waals surface area contributed by atoms with Crippen LogP contribution in [0.2, 0.25) is 0 Å². The lowest BCUT2D eigenvalue weighted by Crippen LogP contribution is -2.20. The molecule has 2 aromatic rings. The standard InChI is InChI=1S/C10H11N3O5S/c1-3-17-10(14)8-4-7-6-12-13(9(7)11-5-8)18-19(2,15)16/h4-6H,3H2,1-2H3. The van der Waals surface area contributed by atoms with Gasteiger partial charge in [0, 0.05) is 11.6 Å². The summed E-state index contributed by atoms with van der Waals surface area (Å²) in [5.74, 6) is -0.506. The average molecular weight is 285 g/mol. The highest BCUT2D eigenvalue weighted by molar-refractivity contribution is 7.86. The normalized spacial score (nSPS) is 11.5. The third-order valence-electron chi connectivity index (χ3n) is 2.10. The molecule has 0 aromatic carbocycles. The first-order chi connectivity index (χ1) is 8.90. The molecule has 0 N–H and O–H groups in total. The van der Waals surface area contributed by atoms with Crippen LogP contribution in [0.3, 0.4) is 0 Å². The van der Waals surface area contributed by atoms with Crippen molar-refractivity contribution in [1.82, 2.24) is 14.9 Å². The van der Waals surface area contributed by atoms with Gasteiger partial charge in [-0.2, -0.15) is 8.42 Å². The van der Waals surface area contributed by atoms with Crippen molar-refractivity contribution < 1.29 is 22.2 Å². The molecule has 0 spiro atoms. The maximum absolute atomic E-state index is 11.5. The summed E-state index contributed by atoms with van der Waals surface area (Å²) in [5.41, 5.74) is 0.451.